The largest absolute Gasteiger partial charge is 0.491 e. The number of hydrogen-bond acceptors (Lipinski definition) is 6. The van der Waals surface area contributed by atoms with Crippen molar-refractivity contribution in [1.29, 1.82) is 0 Å². The van der Waals surface area contributed by atoms with Gasteiger partial charge < -0.3 is 4.74 Å². The molecule has 0 spiro atoms. The predicted molar refractivity (Wildman–Crippen MR) is 92.3 cm³/mol. The van der Waals surface area contributed by atoms with E-state index in [1.165, 1.54) is 22.2 Å². The fraction of sp³-hybridized carbons (Fsp3) is 0.250. The molecule has 0 aliphatic heterocycles. The van der Waals surface area contributed by atoms with Crippen molar-refractivity contribution < 1.29 is 9.53 Å². The number of aryl methyl sites for hydroxylation is 1. The van der Waals surface area contributed by atoms with Crippen LogP contribution in [0.15, 0.2) is 35.8 Å². The standard InChI is InChI=1S/C16H17N5O2S/c1-10(2)23-12-6-4-11(5-7-12)13-9-24-16(18-13)19-15(22)14-8-17-20-21(14)3/h4-10H,1-3H3,(H,18,19,22). The minimum atomic E-state index is -0.288. The van der Waals surface area contributed by atoms with Crippen molar-refractivity contribution in [1.82, 2.24) is 20.0 Å². The topological polar surface area (TPSA) is 81.9 Å². The number of thiazole rings is 1. The summed E-state index contributed by atoms with van der Waals surface area (Å²) in [4.78, 5) is 16.6. The van der Waals surface area contributed by atoms with E-state index in [0.29, 0.717) is 10.8 Å². The summed E-state index contributed by atoms with van der Waals surface area (Å²) >= 11 is 1.37. The molecule has 1 amide bonds. The summed E-state index contributed by atoms with van der Waals surface area (Å²) in [5.74, 6) is 0.533. The van der Waals surface area contributed by atoms with Crippen molar-refractivity contribution >= 4 is 22.4 Å². The molecular formula is C16H17N5O2S. The van der Waals surface area contributed by atoms with Gasteiger partial charge in [-0.2, -0.15) is 0 Å². The highest BCUT2D eigenvalue weighted by molar-refractivity contribution is 7.14. The number of amides is 1. The number of aromatic nitrogens is 4. The molecule has 0 unspecified atom stereocenters. The van der Waals surface area contributed by atoms with E-state index >= 15 is 0 Å². The van der Waals surface area contributed by atoms with Crippen LogP contribution < -0.4 is 10.1 Å². The lowest BCUT2D eigenvalue weighted by molar-refractivity contribution is 0.101. The second kappa shape index (κ2) is 6.79. The van der Waals surface area contributed by atoms with Gasteiger partial charge in [0.2, 0.25) is 0 Å². The molecule has 0 aliphatic rings. The van der Waals surface area contributed by atoms with Crippen molar-refractivity contribution in [2.24, 2.45) is 7.05 Å². The van der Waals surface area contributed by atoms with Crippen LogP contribution in [0.25, 0.3) is 11.3 Å². The molecule has 1 N–H and O–H groups in total. The lowest BCUT2D eigenvalue weighted by Gasteiger charge is -2.09. The van der Waals surface area contributed by atoms with Gasteiger partial charge in [0, 0.05) is 18.0 Å². The van der Waals surface area contributed by atoms with Gasteiger partial charge >= 0.3 is 0 Å². The first-order chi connectivity index (χ1) is 11.5. The highest BCUT2D eigenvalue weighted by Gasteiger charge is 2.13. The fourth-order valence-electron chi connectivity index (χ4n) is 2.10. The maximum Gasteiger partial charge on any atom is 0.277 e. The number of nitrogens with zero attached hydrogens (tertiary/aromatic N) is 4. The first kappa shape index (κ1) is 16.1. The van der Waals surface area contributed by atoms with Crippen LogP contribution in [-0.2, 0) is 7.05 Å². The molecule has 2 aromatic heterocycles. The number of rotatable bonds is 5. The summed E-state index contributed by atoms with van der Waals surface area (Å²) in [6, 6.07) is 7.72. The van der Waals surface area contributed by atoms with E-state index in [9.17, 15) is 4.79 Å². The minimum absolute atomic E-state index is 0.137. The van der Waals surface area contributed by atoms with Gasteiger partial charge in [0.1, 0.15) is 11.4 Å². The van der Waals surface area contributed by atoms with Gasteiger partial charge in [-0.05, 0) is 38.1 Å². The smallest absolute Gasteiger partial charge is 0.277 e. The molecule has 2 heterocycles. The van der Waals surface area contributed by atoms with Crippen molar-refractivity contribution in [3.8, 4) is 17.0 Å². The number of benzene rings is 1. The average Bonchev–Trinajstić information content (AvgIpc) is 3.16. The first-order valence-electron chi connectivity index (χ1n) is 7.41. The Labute approximate surface area is 143 Å². The summed E-state index contributed by atoms with van der Waals surface area (Å²) < 4.78 is 7.04. The zero-order chi connectivity index (χ0) is 17.1. The molecule has 8 heteroatoms. The van der Waals surface area contributed by atoms with E-state index in [-0.39, 0.29) is 12.0 Å². The molecular weight excluding hydrogens is 326 g/mol. The van der Waals surface area contributed by atoms with Crippen LogP contribution in [0.4, 0.5) is 5.13 Å². The molecule has 0 aliphatic carbocycles. The predicted octanol–water partition coefficient (Wildman–Crippen LogP) is 2.98. The Morgan fingerprint density at radius 3 is 2.67 bits per heavy atom. The molecule has 0 saturated heterocycles. The molecule has 3 rings (SSSR count). The maximum absolute atomic E-state index is 12.1. The number of nitrogens with one attached hydrogen (secondary N) is 1. The van der Waals surface area contributed by atoms with Crippen LogP contribution in [0, 0.1) is 0 Å². The molecule has 24 heavy (non-hydrogen) atoms. The van der Waals surface area contributed by atoms with Gasteiger partial charge in [-0.25, -0.2) is 9.67 Å². The van der Waals surface area contributed by atoms with Crippen LogP contribution in [0.1, 0.15) is 24.3 Å². The van der Waals surface area contributed by atoms with E-state index in [0.717, 1.165) is 17.0 Å². The van der Waals surface area contributed by atoms with Gasteiger partial charge in [0.25, 0.3) is 5.91 Å². The Hall–Kier alpha value is -2.74. The second-order valence-corrected chi connectivity index (χ2v) is 6.28. The zero-order valence-electron chi connectivity index (χ0n) is 13.6. The van der Waals surface area contributed by atoms with Crippen molar-refractivity contribution in [3.63, 3.8) is 0 Å². The molecule has 0 bridgehead atoms. The summed E-state index contributed by atoms with van der Waals surface area (Å²) in [5.41, 5.74) is 2.14. The molecule has 124 valence electrons. The Balaban J connectivity index is 1.71. The average molecular weight is 343 g/mol. The Kier molecular flexibility index (Phi) is 4.57. The van der Waals surface area contributed by atoms with Gasteiger partial charge in [-0.3, -0.25) is 10.1 Å². The lowest BCUT2D eigenvalue weighted by atomic mass is 10.2. The zero-order valence-corrected chi connectivity index (χ0v) is 14.4. The SMILES string of the molecule is CC(C)Oc1ccc(-c2csc(NC(=O)c3cnnn3C)n2)cc1. The van der Waals surface area contributed by atoms with Gasteiger partial charge in [0.15, 0.2) is 5.13 Å². The van der Waals surface area contributed by atoms with Crippen LogP contribution >= 0.6 is 11.3 Å². The number of carbonyl (C=O) groups is 1. The van der Waals surface area contributed by atoms with Gasteiger partial charge in [-0.15, -0.1) is 16.4 Å². The van der Waals surface area contributed by atoms with Crippen LogP contribution in [0.2, 0.25) is 0 Å². The Morgan fingerprint density at radius 2 is 2.04 bits per heavy atom. The lowest BCUT2D eigenvalue weighted by Crippen LogP contribution is -2.15. The molecule has 1 aromatic carbocycles. The molecule has 7 nitrogen and oxygen atoms in total. The quantitative estimate of drug-likeness (QED) is 0.770. The maximum atomic E-state index is 12.1. The summed E-state index contributed by atoms with van der Waals surface area (Å²) in [7, 11) is 1.66. The third-order valence-electron chi connectivity index (χ3n) is 3.19. The number of carbonyl (C=O) groups excluding carboxylic acids is 1. The molecule has 0 saturated carbocycles. The third kappa shape index (κ3) is 3.60. The minimum Gasteiger partial charge on any atom is -0.491 e. The van der Waals surface area contributed by atoms with Crippen LogP contribution in [0.3, 0.4) is 0 Å². The van der Waals surface area contributed by atoms with Crippen LogP contribution in [0.5, 0.6) is 5.75 Å². The highest BCUT2D eigenvalue weighted by Crippen LogP contribution is 2.27. The molecule has 0 atom stereocenters. The van der Waals surface area contributed by atoms with Crippen molar-refractivity contribution in [2.45, 2.75) is 20.0 Å². The normalized spacial score (nSPS) is 10.8. The summed E-state index contributed by atoms with van der Waals surface area (Å²) in [6.07, 6.45) is 1.55. The Bertz CT molecular complexity index is 838. The number of ether oxygens (including phenoxy) is 1. The molecule has 0 fully saturated rings. The highest BCUT2D eigenvalue weighted by atomic mass is 32.1. The third-order valence-corrected chi connectivity index (χ3v) is 3.95. The van der Waals surface area contributed by atoms with Crippen molar-refractivity contribution in [3.05, 3.63) is 41.5 Å². The number of hydrogen-bond donors (Lipinski definition) is 1. The van der Waals surface area contributed by atoms with E-state index in [2.05, 4.69) is 20.6 Å². The van der Waals surface area contributed by atoms with E-state index in [1.807, 2.05) is 43.5 Å². The molecule has 3 aromatic rings. The van der Waals surface area contributed by atoms with Crippen molar-refractivity contribution in [2.75, 3.05) is 5.32 Å². The first-order valence-corrected chi connectivity index (χ1v) is 8.29. The monoisotopic (exact) mass is 343 g/mol. The van der Waals surface area contributed by atoms with Gasteiger partial charge in [-0.1, -0.05) is 5.21 Å². The summed E-state index contributed by atoms with van der Waals surface area (Å²) in [5, 5.41) is 12.6. The number of anilines is 1. The van der Waals surface area contributed by atoms with E-state index < -0.39 is 0 Å². The van der Waals surface area contributed by atoms with E-state index in [4.69, 9.17) is 4.74 Å². The molecule has 0 radical (unpaired) electrons. The van der Waals surface area contributed by atoms with E-state index in [1.54, 1.807) is 7.05 Å². The van der Waals surface area contributed by atoms with Crippen LogP contribution in [-0.4, -0.2) is 32.0 Å². The second-order valence-electron chi connectivity index (χ2n) is 5.43. The van der Waals surface area contributed by atoms with Gasteiger partial charge in [0.05, 0.1) is 18.0 Å². The Morgan fingerprint density at radius 1 is 1.29 bits per heavy atom. The fourth-order valence-corrected chi connectivity index (χ4v) is 2.81. The summed E-state index contributed by atoms with van der Waals surface area (Å²) in [6.45, 7) is 3.97.